The third-order valence-electron chi connectivity index (χ3n) is 5.24. The van der Waals surface area contributed by atoms with E-state index in [-0.39, 0.29) is 6.61 Å². The van der Waals surface area contributed by atoms with Gasteiger partial charge in [-0.25, -0.2) is 0 Å². The quantitative estimate of drug-likeness (QED) is 0.769. The van der Waals surface area contributed by atoms with Crippen LogP contribution in [-0.2, 0) is 0 Å². The molecule has 92 valence electrons. The summed E-state index contributed by atoms with van der Waals surface area (Å²) in [6, 6.07) is 0. The lowest BCUT2D eigenvalue weighted by atomic mass is 9.43. The summed E-state index contributed by atoms with van der Waals surface area (Å²) in [5, 5.41) is 12.7. The van der Waals surface area contributed by atoms with Crippen LogP contribution in [0.25, 0.3) is 0 Å². The smallest absolute Gasteiger partial charge is 0.0556 e. The lowest BCUT2D eigenvalue weighted by molar-refractivity contribution is -0.118. The maximum absolute atomic E-state index is 9.03. The molecule has 0 saturated heterocycles. The number of nitrogens with one attached hydrogen (secondary N) is 1. The molecule has 0 aromatic rings. The van der Waals surface area contributed by atoms with Crippen LogP contribution in [-0.4, -0.2) is 23.8 Å². The van der Waals surface area contributed by atoms with E-state index in [9.17, 15) is 0 Å². The fraction of sp³-hybridized carbons (Fsp3) is 1.00. The molecule has 2 nitrogen and oxygen atoms in total. The summed E-state index contributed by atoms with van der Waals surface area (Å²) >= 11 is 0. The molecule has 4 aliphatic carbocycles. The number of aliphatic hydroxyl groups is 1. The van der Waals surface area contributed by atoms with E-state index in [2.05, 4.69) is 19.2 Å². The minimum absolute atomic E-state index is 0.278. The van der Waals surface area contributed by atoms with Crippen LogP contribution in [0.4, 0.5) is 0 Å². The van der Waals surface area contributed by atoms with Crippen LogP contribution in [0, 0.1) is 16.7 Å². The molecule has 4 bridgehead atoms. The summed E-state index contributed by atoms with van der Waals surface area (Å²) in [6.07, 6.45) is 8.37. The molecular formula is C14H25NO. The van der Waals surface area contributed by atoms with Gasteiger partial charge in [-0.1, -0.05) is 13.8 Å². The van der Waals surface area contributed by atoms with E-state index in [1.165, 1.54) is 38.5 Å². The second kappa shape index (κ2) is 3.23. The van der Waals surface area contributed by atoms with Crippen molar-refractivity contribution in [1.29, 1.82) is 0 Å². The molecule has 4 fully saturated rings. The van der Waals surface area contributed by atoms with E-state index in [1.807, 2.05) is 0 Å². The Morgan fingerprint density at radius 3 is 2.19 bits per heavy atom. The average Bonchev–Trinajstić information content (AvgIpc) is 2.08. The lowest BCUT2D eigenvalue weighted by Gasteiger charge is -2.65. The second-order valence-electron chi connectivity index (χ2n) is 7.56. The monoisotopic (exact) mass is 223 g/mol. The molecule has 0 aromatic carbocycles. The summed E-state index contributed by atoms with van der Waals surface area (Å²) in [5.74, 6) is 0.942. The van der Waals surface area contributed by atoms with Gasteiger partial charge in [-0.15, -0.1) is 0 Å². The highest BCUT2D eigenvalue weighted by Gasteiger charge is 2.59. The maximum Gasteiger partial charge on any atom is 0.0556 e. The highest BCUT2D eigenvalue weighted by Crippen LogP contribution is 2.66. The first-order valence-corrected chi connectivity index (χ1v) is 6.83. The topological polar surface area (TPSA) is 32.3 Å². The van der Waals surface area contributed by atoms with Gasteiger partial charge in [0.1, 0.15) is 0 Å². The number of aliphatic hydroxyl groups excluding tert-OH is 1. The van der Waals surface area contributed by atoms with Gasteiger partial charge in [-0.2, -0.15) is 0 Å². The standard InChI is InChI=1S/C14H25NO/c1-12-5-11-6-13(2,8-12)10-14(7-11,9-12)15-3-4-16/h11,15-16H,3-10H2,1-2H3/t11?,12-,13-,14?/m1/s1. The third kappa shape index (κ3) is 1.62. The second-order valence-corrected chi connectivity index (χ2v) is 7.56. The summed E-state index contributed by atoms with van der Waals surface area (Å²) in [5.41, 5.74) is 1.53. The largest absolute Gasteiger partial charge is 0.395 e. The van der Waals surface area contributed by atoms with Crippen molar-refractivity contribution in [2.24, 2.45) is 16.7 Å². The summed E-state index contributed by atoms with van der Waals surface area (Å²) < 4.78 is 0. The normalized spacial score (nSPS) is 54.6. The molecule has 0 radical (unpaired) electrons. The molecule has 2 atom stereocenters. The van der Waals surface area contributed by atoms with Crippen LogP contribution in [0.2, 0.25) is 0 Å². The van der Waals surface area contributed by atoms with Crippen molar-refractivity contribution in [1.82, 2.24) is 5.32 Å². The fourth-order valence-corrected chi connectivity index (χ4v) is 5.97. The first-order valence-electron chi connectivity index (χ1n) is 6.83. The van der Waals surface area contributed by atoms with Gasteiger partial charge in [-0.3, -0.25) is 0 Å². The van der Waals surface area contributed by atoms with E-state index in [4.69, 9.17) is 5.11 Å². The van der Waals surface area contributed by atoms with Gasteiger partial charge in [-0.05, 0) is 55.3 Å². The summed E-state index contributed by atoms with van der Waals surface area (Å²) in [4.78, 5) is 0. The van der Waals surface area contributed by atoms with Crippen LogP contribution >= 0.6 is 0 Å². The zero-order chi connectivity index (χ0) is 11.4. The van der Waals surface area contributed by atoms with Crippen molar-refractivity contribution in [3.05, 3.63) is 0 Å². The van der Waals surface area contributed by atoms with E-state index >= 15 is 0 Å². The van der Waals surface area contributed by atoms with Gasteiger partial charge in [0.05, 0.1) is 6.61 Å². The van der Waals surface area contributed by atoms with Gasteiger partial charge in [0.15, 0.2) is 0 Å². The van der Waals surface area contributed by atoms with E-state index in [0.717, 1.165) is 12.5 Å². The molecule has 2 N–H and O–H groups in total. The van der Waals surface area contributed by atoms with Gasteiger partial charge >= 0.3 is 0 Å². The third-order valence-corrected chi connectivity index (χ3v) is 5.24. The Hall–Kier alpha value is -0.0800. The Kier molecular flexibility index (Phi) is 2.23. The Morgan fingerprint density at radius 1 is 1.06 bits per heavy atom. The van der Waals surface area contributed by atoms with Gasteiger partial charge < -0.3 is 10.4 Å². The Bertz CT molecular complexity index is 283. The minimum atomic E-state index is 0.278. The van der Waals surface area contributed by atoms with Gasteiger partial charge in [0.2, 0.25) is 0 Å². The fourth-order valence-electron chi connectivity index (χ4n) is 5.97. The Morgan fingerprint density at radius 2 is 1.69 bits per heavy atom. The molecule has 0 amide bonds. The lowest BCUT2D eigenvalue weighted by Crippen LogP contribution is -2.64. The average molecular weight is 223 g/mol. The molecule has 0 unspecified atom stereocenters. The van der Waals surface area contributed by atoms with Crippen molar-refractivity contribution < 1.29 is 5.11 Å². The molecule has 0 aliphatic heterocycles. The van der Waals surface area contributed by atoms with Crippen molar-refractivity contribution in [3.8, 4) is 0 Å². The zero-order valence-electron chi connectivity index (χ0n) is 10.7. The highest BCUT2D eigenvalue weighted by molar-refractivity contribution is 5.14. The minimum Gasteiger partial charge on any atom is -0.395 e. The van der Waals surface area contributed by atoms with Crippen LogP contribution in [0.15, 0.2) is 0 Å². The molecule has 0 heterocycles. The van der Waals surface area contributed by atoms with Crippen molar-refractivity contribution in [2.75, 3.05) is 13.2 Å². The molecule has 4 saturated carbocycles. The number of β-amino-alcohol motifs (C(OH)–C–C–N with tert-alkyl or cyclic N) is 1. The van der Waals surface area contributed by atoms with Crippen LogP contribution < -0.4 is 5.32 Å². The zero-order valence-corrected chi connectivity index (χ0v) is 10.7. The van der Waals surface area contributed by atoms with Crippen LogP contribution in [0.1, 0.15) is 52.4 Å². The van der Waals surface area contributed by atoms with Crippen molar-refractivity contribution in [2.45, 2.75) is 57.9 Å². The van der Waals surface area contributed by atoms with Crippen molar-refractivity contribution >= 4 is 0 Å². The first-order chi connectivity index (χ1) is 7.47. The molecular weight excluding hydrogens is 198 g/mol. The predicted octanol–water partition coefficient (Wildman–Crippen LogP) is 2.32. The molecule has 16 heavy (non-hydrogen) atoms. The SMILES string of the molecule is C[C@]12CC3CC(NCCO)(C1)C[C@](C)(C3)C2. The Balaban J connectivity index is 1.86. The number of hydrogen-bond acceptors (Lipinski definition) is 2. The van der Waals surface area contributed by atoms with E-state index in [0.29, 0.717) is 16.4 Å². The van der Waals surface area contributed by atoms with E-state index < -0.39 is 0 Å². The van der Waals surface area contributed by atoms with Gasteiger partial charge in [0, 0.05) is 12.1 Å². The van der Waals surface area contributed by atoms with Gasteiger partial charge in [0.25, 0.3) is 0 Å². The molecule has 0 aromatic heterocycles. The molecule has 4 rings (SSSR count). The molecule has 0 spiro atoms. The summed E-state index contributed by atoms with van der Waals surface area (Å²) in [7, 11) is 0. The number of rotatable bonds is 3. The Labute approximate surface area is 98.8 Å². The first kappa shape index (κ1) is 11.0. The summed E-state index contributed by atoms with van der Waals surface area (Å²) in [6.45, 7) is 6.04. The maximum atomic E-state index is 9.03. The molecule has 2 heteroatoms. The van der Waals surface area contributed by atoms with E-state index in [1.54, 1.807) is 0 Å². The van der Waals surface area contributed by atoms with Crippen LogP contribution in [0.5, 0.6) is 0 Å². The number of hydrogen-bond donors (Lipinski definition) is 2. The van der Waals surface area contributed by atoms with Crippen LogP contribution in [0.3, 0.4) is 0 Å². The molecule has 4 aliphatic rings. The predicted molar refractivity (Wildman–Crippen MR) is 65.2 cm³/mol. The highest BCUT2D eigenvalue weighted by atomic mass is 16.3. The van der Waals surface area contributed by atoms with Crippen molar-refractivity contribution in [3.63, 3.8) is 0 Å².